The second-order valence-corrected chi connectivity index (χ2v) is 7.82. The number of nitrogens with one attached hydrogen (secondary N) is 3. The summed E-state index contributed by atoms with van der Waals surface area (Å²) in [6.07, 6.45) is 8.49. The number of furan rings is 1. The zero-order valence-corrected chi connectivity index (χ0v) is 21.1. The van der Waals surface area contributed by atoms with E-state index in [1.54, 1.807) is 6.07 Å². The van der Waals surface area contributed by atoms with Crippen LogP contribution in [0, 0.1) is 12.3 Å². The highest BCUT2D eigenvalue weighted by Crippen LogP contribution is 2.41. The molecule has 1 aliphatic carbocycles. The number of ether oxygens (including phenoxy) is 1. The number of guanidine groups is 1. The van der Waals surface area contributed by atoms with Crippen LogP contribution in [0.1, 0.15) is 68.5 Å². The largest absolute Gasteiger partial charge is 0.459 e. The summed E-state index contributed by atoms with van der Waals surface area (Å²) in [6, 6.07) is 1.79. The van der Waals surface area contributed by atoms with Crippen LogP contribution in [-0.4, -0.2) is 51.3 Å². The molecule has 0 atom stereocenters. The number of halogens is 1. The fourth-order valence-electron chi connectivity index (χ4n) is 3.82. The first-order chi connectivity index (χ1) is 14.1. The normalized spacial score (nSPS) is 15.5. The Morgan fingerprint density at radius 3 is 2.57 bits per heavy atom. The van der Waals surface area contributed by atoms with Crippen molar-refractivity contribution in [1.29, 1.82) is 0 Å². The molecule has 1 saturated carbocycles. The van der Waals surface area contributed by atoms with Crippen LogP contribution in [0.3, 0.4) is 0 Å². The Balaban J connectivity index is 0.00000450. The standard InChI is InChI=1S/C22H38N4O3.HI/c1-4-23-21(26-17-22(10-6-7-11-22)12-16-28-5-2)25-14-8-13-24-20(27)19-18(3)9-15-29-19;/h9,15H,4-8,10-14,16-17H2,1-3H3,(H,24,27)(H2,23,25,26);1H. The third-order valence-electron chi connectivity index (χ3n) is 5.56. The SMILES string of the molecule is CCNC(=NCC1(CCOCC)CCCC1)NCCCNC(=O)c1occc1C.I. The van der Waals surface area contributed by atoms with Crippen molar-refractivity contribution < 1.29 is 13.9 Å². The van der Waals surface area contributed by atoms with Crippen LogP contribution in [0.5, 0.6) is 0 Å². The van der Waals surface area contributed by atoms with Crippen molar-refractivity contribution in [2.45, 2.75) is 59.3 Å². The summed E-state index contributed by atoms with van der Waals surface area (Å²) in [7, 11) is 0. The minimum Gasteiger partial charge on any atom is -0.459 e. The molecule has 7 nitrogen and oxygen atoms in total. The first kappa shape index (κ1) is 26.7. The summed E-state index contributed by atoms with van der Waals surface area (Å²) < 4.78 is 10.8. The van der Waals surface area contributed by atoms with Gasteiger partial charge in [0.2, 0.25) is 0 Å². The minimum atomic E-state index is -0.162. The fourth-order valence-corrected chi connectivity index (χ4v) is 3.82. The average Bonchev–Trinajstić information content (AvgIpc) is 3.35. The van der Waals surface area contributed by atoms with Crippen molar-refractivity contribution in [3.8, 4) is 0 Å². The zero-order chi connectivity index (χ0) is 21.0. The zero-order valence-electron chi connectivity index (χ0n) is 18.7. The number of carbonyl (C=O) groups is 1. The molecule has 0 aromatic carbocycles. The van der Waals surface area contributed by atoms with E-state index in [4.69, 9.17) is 14.1 Å². The smallest absolute Gasteiger partial charge is 0.287 e. The van der Waals surface area contributed by atoms with Crippen molar-refractivity contribution in [3.63, 3.8) is 0 Å². The Morgan fingerprint density at radius 1 is 1.20 bits per heavy atom. The van der Waals surface area contributed by atoms with Crippen molar-refractivity contribution in [1.82, 2.24) is 16.0 Å². The Kier molecular flexibility index (Phi) is 13.1. The van der Waals surface area contributed by atoms with Crippen LogP contribution in [0.2, 0.25) is 0 Å². The van der Waals surface area contributed by atoms with Gasteiger partial charge in [0.05, 0.1) is 6.26 Å². The number of aliphatic imine (C=N–C) groups is 1. The molecule has 30 heavy (non-hydrogen) atoms. The molecule has 1 amide bonds. The van der Waals surface area contributed by atoms with Gasteiger partial charge in [-0.2, -0.15) is 0 Å². The molecule has 1 heterocycles. The Morgan fingerprint density at radius 2 is 1.93 bits per heavy atom. The quantitative estimate of drug-likeness (QED) is 0.164. The van der Waals surface area contributed by atoms with E-state index in [0.29, 0.717) is 12.3 Å². The summed E-state index contributed by atoms with van der Waals surface area (Å²) in [4.78, 5) is 16.9. The van der Waals surface area contributed by atoms with E-state index in [1.807, 2.05) is 13.8 Å². The summed E-state index contributed by atoms with van der Waals surface area (Å²) in [5.74, 6) is 1.08. The van der Waals surface area contributed by atoms with E-state index in [1.165, 1.54) is 31.9 Å². The molecular formula is C22H39IN4O3. The lowest BCUT2D eigenvalue weighted by Gasteiger charge is -2.27. The maximum atomic E-state index is 12.0. The molecule has 172 valence electrons. The second kappa shape index (κ2) is 14.7. The topological polar surface area (TPSA) is 87.9 Å². The maximum absolute atomic E-state index is 12.0. The van der Waals surface area contributed by atoms with Crippen LogP contribution in [0.25, 0.3) is 0 Å². The number of hydrogen-bond acceptors (Lipinski definition) is 4. The van der Waals surface area contributed by atoms with E-state index in [0.717, 1.165) is 57.2 Å². The van der Waals surface area contributed by atoms with Gasteiger partial charge >= 0.3 is 0 Å². The van der Waals surface area contributed by atoms with Gasteiger partial charge in [-0.1, -0.05) is 12.8 Å². The van der Waals surface area contributed by atoms with E-state index < -0.39 is 0 Å². The van der Waals surface area contributed by atoms with Crippen molar-refractivity contribution >= 4 is 35.8 Å². The monoisotopic (exact) mass is 534 g/mol. The van der Waals surface area contributed by atoms with Gasteiger partial charge in [0.25, 0.3) is 5.91 Å². The molecule has 3 N–H and O–H groups in total. The van der Waals surface area contributed by atoms with Crippen molar-refractivity contribution in [2.24, 2.45) is 10.4 Å². The summed E-state index contributed by atoms with van der Waals surface area (Å²) in [5, 5.41) is 9.60. The fraction of sp³-hybridized carbons (Fsp3) is 0.727. The van der Waals surface area contributed by atoms with Gasteiger partial charge in [-0.3, -0.25) is 9.79 Å². The summed E-state index contributed by atoms with van der Waals surface area (Å²) in [6.45, 7) is 10.6. The Hall–Kier alpha value is -1.29. The van der Waals surface area contributed by atoms with Gasteiger partial charge in [-0.25, -0.2) is 0 Å². The summed E-state index contributed by atoms with van der Waals surface area (Å²) >= 11 is 0. The summed E-state index contributed by atoms with van der Waals surface area (Å²) in [5.41, 5.74) is 1.14. The average molecular weight is 534 g/mol. The van der Waals surface area contributed by atoms with E-state index in [9.17, 15) is 4.79 Å². The number of carbonyl (C=O) groups excluding carboxylic acids is 1. The van der Waals surface area contributed by atoms with Gasteiger partial charge < -0.3 is 25.1 Å². The lowest BCUT2D eigenvalue weighted by atomic mass is 9.83. The van der Waals surface area contributed by atoms with E-state index in [2.05, 4.69) is 22.9 Å². The molecule has 0 aliphatic heterocycles. The molecule has 2 rings (SSSR count). The van der Waals surface area contributed by atoms with E-state index in [-0.39, 0.29) is 35.3 Å². The molecular weight excluding hydrogens is 495 g/mol. The molecule has 0 spiro atoms. The highest BCUT2D eigenvalue weighted by atomic mass is 127. The molecule has 1 aromatic rings. The van der Waals surface area contributed by atoms with Crippen LogP contribution < -0.4 is 16.0 Å². The van der Waals surface area contributed by atoms with Gasteiger partial charge in [0.15, 0.2) is 11.7 Å². The number of nitrogens with zero attached hydrogens (tertiary/aromatic N) is 1. The Bertz CT molecular complexity index is 642. The van der Waals surface area contributed by atoms with Gasteiger partial charge in [0, 0.05) is 45.0 Å². The predicted octanol–water partition coefficient (Wildman–Crippen LogP) is 3.87. The Labute approximate surface area is 198 Å². The number of amides is 1. The molecule has 0 bridgehead atoms. The maximum Gasteiger partial charge on any atom is 0.287 e. The molecule has 0 unspecified atom stereocenters. The molecule has 1 aromatic heterocycles. The number of rotatable bonds is 12. The van der Waals surface area contributed by atoms with Crippen LogP contribution in [-0.2, 0) is 4.74 Å². The predicted molar refractivity (Wildman–Crippen MR) is 132 cm³/mol. The van der Waals surface area contributed by atoms with Crippen molar-refractivity contribution in [2.75, 3.05) is 39.4 Å². The third kappa shape index (κ3) is 8.83. The van der Waals surface area contributed by atoms with E-state index >= 15 is 0 Å². The molecule has 0 radical (unpaired) electrons. The second-order valence-electron chi connectivity index (χ2n) is 7.82. The van der Waals surface area contributed by atoms with Crippen molar-refractivity contribution in [3.05, 3.63) is 23.7 Å². The molecule has 1 fully saturated rings. The highest BCUT2D eigenvalue weighted by molar-refractivity contribution is 14.0. The van der Waals surface area contributed by atoms with Gasteiger partial charge in [-0.05, 0) is 57.9 Å². The third-order valence-corrected chi connectivity index (χ3v) is 5.56. The number of aryl methyl sites for hydroxylation is 1. The molecule has 0 saturated heterocycles. The lowest BCUT2D eigenvalue weighted by Crippen LogP contribution is -2.39. The van der Waals surface area contributed by atoms with Crippen LogP contribution in [0.15, 0.2) is 21.7 Å². The van der Waals surface area contributed by atoms with Gasteiger partial charge in [-0.15, -0.1) is 24.0 Å². The molecule has 8 heteroatoms. The lowest BCUT2D eigenvalue weighted by molar-refractivity contribution is 0.0924. The first-order valence-corrected chi connectivity index (χ1v) is 11.0. The molecule has 1 aliphatic rings. The van der Waals surface area contributed by atoms with Crippen LogP contribution in [0.4, 0.5) is 0 Å². The minimum absolute atomic E-state index is 0. The number of hydrogen-bond donors (Lipinski definition) is 3. The highest BCUT2D eigenvalue weighted by Gasteiger charge is 2.33. The first-order valence-electron chi connectivity index (χ1n) is 11.0. The van der Waals surface area contributed by atoms with Crippen LogP contribution >= 0.6 is 24.0 Å². The van der Waals surface area contributed by atoms with Gasteiger partial charge in [0.1, 0.15) is 0 Å².